The smallest absolute Gasteiger partial charge is 0.222 e. The Bertz CT molecular complexity index is 281. The first-order valence-corrected chi connectivity index (χ1v) is 7.01. The van der Waals surface area contributed by atoms with Gasteiger partial charge < -0.3 is 16.0 Å². The Labute approximate surface area is 110 Å². The van der Waals surface area contributed by atoms with Gasteiger partial charge in [0.25, 0.3) is 0 Å². The molecule has 0 unspecified atom stereocenters. The molecule has 0 atom stereocenters. The van der Waals surface area contributed by atoms with Crippen LogP contribution in [-0.4, -0.2) is 42.4 Å². The van der Waals surface area contributed by atoms with E-state index in [0.29, 0.717) is 25.0 Å². The first kappa shape index (κ1) is 14.8. The Kier molecular flexibility index (Phi) is 6.54. The third-order valence-electron chi connectivity index (χ3n) is 3.42. The summed E-state index contributed by atoms with van der Waals surface area (Å²) in [6, 6.07) is 0.390. The third-order valence-corrected chi connectivity index (χ3v) is 3.42. The number of carbonyl (C=O) groups is 1. The highest BCUT2D eigenvalue weighted by atomic mass is 16.1. The molecular weight excluding hydrogens is 228 g/mol. The zero-order valence-corrected chi connectivity index (χ0v) is 11.6. The van der Waals surface area contributed by atoms with Crippen LogP contribution in [0.4, 0.5) is 0 Å². The van der Waals surface area contributed by atoms with Crippen LogP contribution in [-0.2, 0) is 4.79 Å². The molecule has 0 aromatic rings. The van der Waals surface area contributed by atoms with Crippen LogP contribution in [0, 0.1) is 0 Å². The van der Waals surface area contributed by atoms with Crippen LogP contribution in [0.15, 0.2) is 4.99 Å². The molecule has 5 heteroatoms. The van der Waals surface area contributed by atoms with Crippen molar-refractivity contribution in [3.05, 3.63) is 0 Å². The summed E-state index contributed by atoms with van der Waals surface area (Å²) in [6.45, 7) is 6.25. The second kappa shape index (κ2) is 7.95. The van der Waals surface area contributed by atoms with Crippen LogP contribution in [0.25, 0.3) is 0 Å². The number of hydrogen-bond donors (Lipinski definition) is 2. The molecule has 1 fully saturated rings. The molecule has 0 aliphatic heterocycles. The topological polar surface area (TPSA) is 70.7 Å². The number of aliphatic imine (C=N–C) groups is 1. The average molecular weight is 254 g/mol. The molecule has 3 N–H and O–H groups in total. The highest BCUT2D eigenvalue weighted by molar-refractivity contribution is 5.79. The van der Waals surface area contributed by atoms with Crippen molar-refractivity contribution in [3.8, 4) is 0 Å². The third kappa shape index (κ3) is 4.94. The quantitative estimate of drug-likeness (QED) is 0.550. The van der Waals surface area contributed by atoms with Gasteiger partial charge in [-0.25, -0.2) is 0 Å². The fourth-order valence-corrected chi connectivity index (χ4v) is 2.29. The van der Waals surface area contributed by atoms with E-state index in [1.165, 1.54) is 12.8 Å². The lowest BCUT2D eigenvalue weighted by molar-refractivity contribution is -0.121. The normalized spacial score (nSPS) is 16.9. The van der Waals surface area contributed by atoms with Crippen molar-refractivity contribution < 1.29 is 4.79 Å². The van der Waals surface area contributed by atoms with Gasteiger partial charge in [0, 0.05) is 25.6 Å². The standard InChI is InChI=1S/C13H26N4O/c1-3-17(4-2)13(14)15-10-9-12(18)16-11-7-5-6-8-11/h11H,3-10H2,1-2H3,(H2,14,15)(H,16,18). The first-order chi connectivity index (χ1) is 8.67. The summed E-state index contributed by atoms with van der Waals surface area (Å²) >= 11 is 0. The van der Waals surface area contributed by atoms with Crippen molar-refractivity contribution in [2.75, 3.05) is 19.6 Å². The number of guanidine groups is 1. The summed E-state index contributed by atoms with van der Waals surface area (Å²) in [5.74, 6) is 0.631. The number of hydrogen-bond acceptors (Lipinski definition) is 2. The van der Waals surface area contributed by atoms with Crippen LogP contribution < -0.4 is 11.1 Å². The number of nitrogens with two attached hydrogens (primary N) is 1. The van der Waals surface area contributed by atoms with E-state index >= 15 is 0 Å². The molecule has 0 spiro atoms. The van der Waals surface area contributed by atoms with Crippen molar-refractivity contribution in [2.45, 2.75) is 52.0 Å². The van der Waals surface area contributed by atoms with E-state index in [1.54, 1.807) is 0 Å². The molecular formula is C13H26N4O. The molecule has 0 saturated heterocycles. The predicted octanol–water partition coefficient (Wildman–Crippen LogP) is 1.09. The second-order valence-electron chi connectivity index (χ2n) is 4.71. The predicted molar refractivity (Wildman–Crippen MR) is 74.4 cm³/mol. The molecule has 0 bridgehead atoms. The van der Waals surface area contributed by atoms with Gasteiger partial charge in [0.05, 0.1) is 6.54 Å². The summed E-state index contributed by atoms with van der Waals surface area (Å²) in [5.41, 5.74) is 5.83. The van der Waals surface area contributed by atoms with Crippen molar-refractivity contribution in [1.82, 2.24) is 10.2 Å². The molecule has 5 nitrogen and oxygen atoms in total. The fraction of sp³-hybridized carbons (Fsp3) is 0.846. The van der Waals surface area contributed by atoms with Gasteiger partial charge in [-0.1, -0.05) is 12.8 Å². The second-order valence-corrected chi connectivity index (χ2v) is 4.71. The van der Waals surface area contributed by atoms with Gasteiger partial charge in [0.15, 0.2) is 5.96 Å². The van der Waals surface area contributed by atoms with Crippen LogP contribution in [0.2, 0.25) is 0 Å². The Balaban J connectivity index is 2.23. The molecule has 1 aliphatic carbocycles. The van der Waals surface area contributed by atoms with Gasteiger partial charge in [0.1, 0.15) is 0 Å². The average Bonchev–Trinajstić information content (AvgIpc) is 2.83. The summed E-state index contributed by atoms with van der Waals surface area (Å²) in [6.07, 6.45) is 5.14. The largest absolute Gasteiger partial charge is 0.370 e. The minimum absolute atomic E-state index is 0.0954. The van der Waals surface area contributed by atoms with E-state index in [9.17, 15) is 4.79 Å². The Hall–Kier alpha value is -1.26. The maximum absolute atomic E-state index is 11.7. The van der Waals surface area contributed by atoms with Crippen LogP contribution in [0.3, 0.4) is 0 Å². The minimum atomic E-state index is 0.0954. The maximum atomic E-state index is 11.7. The van der Waals surface area contributed by atoms with Crippen molar-refractivity contribution >= 4 is 11.9 Å². The van der Waals surface area contributed by atoms with Gasteiger partial charge in [-0.3, -0.25) is 9.79 Å². The van der Waals surface area contributed by atoms with Crippen molar-refractivity contribution in [2.24, 2.45) is 10.7 Å². The molecule has 1 amide bonds. The number of carbonyl (C=O) groups excluding carboxylic acids is 1. The highest BCUT2D eigenvalue weighted by Crippen LogP contribution is 2.17. The van der Waals surface area contributed by atoms with Gasteiger partial charge in [0.2, 0.25) is 5.91 Å². The van der Waals surface area contributed by atoms with E-state index in [1.807, 2.05) is 18.7 Å². The Morgan fingerprint density at radius 2 is 1.94 bits per heavy atom. The lowest BCUT2D eigenvalue weighted by Crippen LogP contribution is -2.37. The zero-order valence-electron chi connectivity index (χ0n) is 11.6. The molecule has 0 radical (unpaired) electrons. The summed E-state index contributed by atoms with van der Waals surface area (Å²) in [5, 5.41) is 3.05. The van der Waals surface area contributed by atoms with Crippen molar-refractivity contribution in [3.63, 3.8) is 0 Å². The molecule has 1 saturated carbocycles. The van der Waals surface area contributed by atoms with E-state index < -0.39 is 0 Å². The number of amides is 1. The molecule has 0 aromatic heterocycles. The number of rotatable bonds is 6. The van der Waals surface area contributed by atoms with Crippen LogP contribution in [0.1, 0.15) is 46.0 Å². The van der Waals surface area contributed by atoms with Gasteiger partial charge >= 0.3 is 0 Å². The van der Waals surface area contributed by atoms with E-state index in [4.69, 9.17) is 5.73 Å². The zero-order chi connectivity index (χ0) is 13.4. The first-order valence-electron chi connectivity index (χ1n) is 7.01. The lowest BCUT2D eigenvalue weighted by Gasteiger charge is -2.19. The highest BCUT2D eigenvalue weighted by Gasteiger charge is 2.16. The Morgan fingerprint density at radius 1 is 1.33 bits per heavy atom. The molecule has 1 rings (SSSR count). The van der Waals surface area contributed by atoms with Crippen LogP contribution >= 0.6 is 0 Å². The van der Waals surface area contributed by atoms with Gasteiger partial charge in [-0.15, -0.1) is 0 Å². The van der Waals surface area contributed by atoms with E-state index in [2.05, 4.69) is 10.3 Å². The molecule has 104 valence electrons. The van der Waals surface area contributed by atoms with E-state index in [-0.39, 0.29) is 5.91 Å². The molecule has 1 aliphatic rings. The molecule has 0 heterocycles. The maximum Gasteiger partial charge on any atom is 0.222 e. The number of nitrogens with zero attached hydrogens (tertiary/aromatic N) is 2. The minimum Gasteiger partial charge on any atom is -0.370 e. The number of nitrogens with one attached hydrogen (secondary N) is 1. The monoisotopic (exact) mass is 254 g/mol. The Morgan fingerprint density at radius 3 is 2.50 bits per heavy atom. The van der Waals surface area contributed by atoms with Gasteiger partial charge in [-0.2, -0.15) is 0 Å². The molecule has 18 heavy (non-hydrogen) atoms. The molecule has 0 aromatic carbocycles. The summed E-state index contributed by atoms with van der Waals surface area (Å²) in [4.78, 5) is 17.9. The van der Waals surface area contributed by atoms with Crippen molar-refractivity contribution in [1.29, 1.82) is 0 Å². The van der Waals surface area contributed by atoms with E-state index in [0.717, 1.165) is 25.9 Å². The van der Waals surface area contributed by atoms with Crippen LogP contribution in [0.5, 0.6) is 0 Å². The van der Waals surface area contributed by atoms with Gasteiger partial charge in [-0.05, 0) is 26.7 Å². The lowest BCUT2D eigenvalue weighted by atomic mass is 10.2. The summed E-state index contributed by atoms with van der Waals surface area (Å²) < 4.78 is 0. The SMILES string of the molecule is CCN(CC)C(N)=NCCC(=O)NC1CCCC1. The fourth-order valence-electron chi connectivity index (χ4n) is 2.29. The summed E-state index contributed by atoms with van der Waals surface area (Å²) in [7, 11) is 0.